The first-order chi connectivity index (χ1) is 11.7. The van der Waals surface area contributed by atoms with E-state index in [0.29, 0.717) is 0 Å². The summed E-state index contributed by atoms with van der Waals surface area (Å²) in [7, 11) is -12.6. The third-order valence-electron chi connectivity index (χ3n) is 3.16. The van der Waals surface area contributed by atoms with Crippen molar-refractivity contribution in [1.82, 2.24) is 0 Å². The van der Waals surface area contributed by atoms with Gasteiger partial charge in [0.2, 0.25) is 21.1 Å². The van der Waals surface area contributed by atoms with Crippen molar-refractivity contribution in [3.05, 3.63) is 48.5 Å². The van der Waals surface area contributed by atoms with Crippen molar-refractivity contribution in [3.63, 3.8) is 0 Å². The van der Waals surface area contributed by atoms with Crippen LogP contribution in [0.15, 0.2) is 68.1 Å². The number of hydrogen-bond acceptors (Lipinski definition) is 6. The van der Waals surface area contributed by atoms with Crippen LogP contribution in [0.2, 0.25) is 0 Å². The van der Waals surface area contributed by atoms with E-state index in [0.717, 1.165) is 42.5 Å². The molecule has 2 rings (SSSR count). The van der Waals surface area contributed by atoms with Gasteiger partial charge >= 0.3 is 0 Å². The Labute approximate surface area is 175 Å². The van der Waals surface area contributed by atoms with Crippen LogP contribution in [0.3, 0.4) is 0 Å². The fourth-order valence-corrected chi connectivity index (χ4v) is 6.22. The fraction of sp³-hybridized carbons (Fsp3) is 0.0769. The highest BCUT2D eigenvalue weighted by Gasteiger charge is 2.37. The molecule has 0 aliphatic carbocycles. The zero-order valence-corrected chi connectivity index (χ0v) is 19.6. The molecule has 0 radical (unpaired) electrons. The molecule has 7 nitrogen and oxygen atoms in total. The Morgan fingerprint density at radius 3 is 1.62 bits per heavy atom. The number of sulfone groups is 2. The Hall–Kier alpha value is -0.310. The summed E-state index contributed by atoms with van der Waals surface area (Å²) < 4.78 is 79.5. The van der Waals surface area contributed by atoms with Crippen LogP contribution in [0.4, 0.5) is 0 Å². The van der Waals surface area contributed by atoms with Gasteiger partial charge in [-0.25, -0.2) is 16.8 Å². The van der Waals surface area contributed by atoms with Gasteiger partial charge in [0, 0.05) is 0 Å². The molecule has 26 heavy (non-hydrogen) atoms. The van der Waals surface area contributed by atoms with E-state index in [9.17, 15) is 25.3 Å². The average Bonchev–Trinajstić information content (AvgIpc) is 2.53. The summed E-state index contributed by atoms with van der Waals surface area (Å²) >= 11 is 8.71. The minimum atomic E-state index is -4.57. The lowest BCUT2D eigenvalue weighted by molar-refractivity contribution is 0.483. The smallest absolute Gasteiger partial charge is 0.282 e. The minimum Gasteiger partial charge on any atom is -0.282 e. The van der Waals surface area contributed by atoms with Gasteiger partial charge in [0.25, 0.3) is 10.1 Å². The van der Waals surface area contributed by atoms with Crippen molar-refractivity contribution in [1.29, 1.82) is 0 Å². The maximum absolute atomic E-state index is 12.6. The minimum absolute atomic E-state index is 0.159. The van der Waals surface area contributed by atoms with Gasteiger partial charge in [0.15, 0.2) is 0 Å². The number of alkyl halides is 3. The molecule has 0 heterocycles. The predicted octanol–water partition coefficient (Wildman–Crippen LogP) is 3.34. The molecule has 1 N–H and O–H groups in total. The zero-order chi connectivity index (χ0) is 20.0. The Balaban J connectivity index is 2.53. The second-order valence-corrected chi connectivity index (χ2v) is 18.7. The van der Waals surface area contributed by atoms with Gasteiger partial charge in [-0.05, 0) is 90.3 Å². The second kappa shape index (κ2) is 7.26. The number of halogens is 3. The first-order valence-corrected chi connectivity index (χ1v) is 13.2. The summed E-state index contributed by atoms with van der Waals surface area (Å²) in [5, 5.41) is 0. The highest BCUT2D eigenvalue weighted by Crippen LogP contribution is 2.43. The number of hydrogen-bond donors (Lipinski definition) is 1. The normalized spacial score (nSPS) is 13.5. The first kappa shape index (κ1) is 22.0. The van der Waals surface area contributed by atoms with Crippen molar-refractivity contribution >= 4 is 77.6 Å². The van der Waals surface area contributed by atoms with Gasteiger partial charge in [-0.2, -0.15) is 8.42 Å². The van der Waals surface area contributed by atoms with Gasteiger partial charge in [-0.1, -0.05) is 6.07 Å². The van der Waals surface area contributed by atoms with E-state index < -0.39 is 36.2 Å². The Morgan fingerprint density at radius 1 is 0.692 bits per heavy atom. The Kier molecular flexibility index (Phi) is 6.14. The summed E-state index contributed by atoms with van der Waals surface area (Å²) in [5.41, 5.74) is 0. The van der Waals surface area contributed by atoms with Crippen LogP contribution in [0.1, 0.15) is 0 Å². The van der Waals surface area contributed by atoms with Crippen molar-refractivity contribution in [2.45, 2.75) is 21.1 Å². The molecule has 0 atom stereocenters. The molecule has 0 aliphatic heterocycles. The maximum atomic E-state index is 12.6. The molecule has 0 saturated heterocycles. The van der Waals surface area contributed by atoms with E-state index in [4.69, 9.17) is 4.55 Å². The van der Waals surface area contributed by atoms with Crippen LogP contribution >= 0.6 is 47.8 Å². The van der Waals surface area contributed by atoms with E-state index in [-0.39, 0.29) is 14.7 Å². The molecule has 2 aromatic rings. The maximum Gasteiger partial charge on any atom is 0.294 e. The molecule has 13 heteroatoms. The van der Waals surface area contributed by atoms with Crippen LogP contribution in [-0.2, 0) is 29.8 Å². The Morgan fingerprint density at radius 2 is 1.15 bits per heavy atom. The molecule has 0 spiro atoms. The average molecular weight is 613 g/mol. The summed E-state index contributed by atoms with van der Waals surface area (Å²) in [6, 6.07) is 8.57. The SMILES string of the molecule is O=S(=O)(O)c1cccc(S(=O)(=O)c2ccc(S(=O)(=O)C(Br)(Br)Br)cc2)c1. The van der Waals surface area contributed by atoms with Gasteiger partial charge < -0.3 is 0 Å². The third kappa shape index (κ3) is 4.39. The van der Waals surface area contributed by atoms with Crippen molar-refractivity contribution in [3.8, 4) is 0 Å². The van der Waals surface area contributed by atoms with Crippen molar-refractivity contribution < 1.29 is 29.8 Å². The standard InChI is InChI=1S/C13H9Br3O7S3/c14-13(15,16)25(19,20)10-6-4-9(5-7-10)24(17,18)11-2-1-3-12(8-11)26(21,22)23/h1-8H,(H,21,22,23). The van der Waals surface area contributed by atoms with Gasteiger partial charge in [-0.15, -0.1) is 0 Å². The summed E-state index contributed by atoms with van der Waals surface area (Å²) in [6.07, 6.45) is 0. The molecular formula is C13H9Br3O7S3. The quantitative estimate of drug-likeness (QED) is 0.415. The molecule has 142 valence electrons. The lowest BCUT2D eigenvalue weighted by atomic mass is 10.4. The van der Waals surface area contributed by atoms with Crippen LogP contribution in [0.5, 0.6) is 0 Å². The molecule has 0 unspecified atom stereocenters. The summed E-state index contributed by atoms with van der Waals surface area (Å²) in [6.45, 7) is 0. The summed E-state index contributed by atoms with van der Waals surface area (Å²) in [4.78, 5) is -1.33. The van der Waals surface area contributed by atoms with E-state index >= 15 is 0 Å². The lowest BCUT2D eigenvalue weighted by Crippen LogP contribution is -2.17. The zero-order valence-electron chi connectivity index (χ0n) is 12.4. The van der Waals surface area contributed by atoms with Crippen LogP contribution in [0.25, 0.3) is 0 Å². The van der Waals surface area contributed by atoms with Crippen molar-refractivity contribution in [2.24, 2.45) is 0 Å². The molecular weight excluding hydrogens is 604 g/mol. The monoisotopic (exact) mass is 610 g/mol. The van der Waals surface area contributed by atoms with Gasteiger partial charge in [-0.3, -0.25) is 4.55 Å². The molecule has 0 bridgehead atoms. The molecule has 0 aromatic heterocycles. The lowest BCUT2D eigenvalue weighted by Gasteiger charge is -2.14. The largest absolute Gasteiger partial charge is 0.294 e. The topological polar surface area (TPSA) is 123 Å². The Bertz CT molecular complexity index is 1150. The van der Waals surface area contributed by atoms with E-state index in [1.165, 1.54) is 6.07 Å². The molecule has 0 aliphatic rings. The third-order valence-corrected chi connectivity index (χ3v) is 11.1. The number of benzene rings is 2. The molecule has 0 amide bonds. The van der Waals surface area contributed by atoms with Gasteiger partial charge in [0.05, 0.1) is 19.6 Å². The predicted molar refractivity (Wildman–Crippen MR) is 105 cm³/mol. The molecule has 0 saturated carbocycles. The van der Waals surface area contributed by atoms with Crippen LogP contribution in [-0.4, -0.2) is 31.3 Å². The second-order valence-electron chi connectivity index (χ2n) is 4.87. The number of rotatable bonds is 4. The fourth-order valence-electron chi connectivity index (χ4n) is 1.87. The van der Waals surface area contributed by atoms with Crippen molar-refractivity contribution in [2.75, 3.05) is 0 Å². The van der Waals surface area contributed by atoms with Crippen LogP contribution < -0.4 is 0 Å². The molecule has 2 aromatic carbocycles. The highest BCUT2D eigenvalue weighted by molar-refractivity contribution is 9.42. The van der Waals surface area contributed by atoms with E-state index in [2.05, 4.69) is 47.8 Å². The first-order valence-electron chi connectivity index (χ1n) is 6.41. The highest BCUT2D eigenvalue weighted by atomic mass is 80.0. The van der Waals surface area contributed by atoms with E-state index in [1.54, 1.807) is 0 Å². The van der Waals surface area contributed by atoms with Gasteiger partial charge in [0.1, 0.15) is 0 Å². The summed E-state index contributed by atoms with van der Waals surface area (Å²) in [5.74, 6) is 0. The van der Waals surface area contributed by atoms with Crippen LogP contribution in [0, 0.1) is 0 Å². The molecule has 0 fully saturated rings. The van der Waals surface area contributed by atoms with E-state index in [1.807, 2.05) is 0 Å².